The molecule has 0 radical (unpaired) electrons. The van der Waals surface area contributed by atoms with Gasteiger partial charge in [-0.15, -0.1) is 0 Å². The van der Waals surface area contributed by atoms with E-state index in [4.69, 9.17) is 11.6 Å². The van der Waals surface area contributed by atoms with Gasteiger partial charge in [0.05, 0.1) is 6.54 Å². The summed E-state index contributed by atoms with van der Waals surface area (Å²) < 4.78 is 0. The minimum Gasteiger partial charge on any atom is -0.271 e. The first-order valence-electron chi connectivity index (χ1n) is 6.64. The molecule has 0 bridgehead atoms. The Morgan fingerprint density at radius 3 is 2.46 bits per heavy atom. The third-order valence-electron chi connectivity index (χ3n) is 3.13. The van der Waals surface area contributed by atoms with Crippen LogP contribution < -0.4 is 11.2 Å². The lowest BCUT2D eigenvalue weighted by molar-refractivity contribution is -0.137. The molecule has 2 amide bonds. The Labute approximate surface area is 143 Å². The third-order valence-corrected chi connectivity index (χ3v) is 4.65. The summed E-state index contributed by atoms with van der Waals surface area (Å²) in [5.41, 5.74) is -0.790. The van der Waals surface area contributed by atoms with E-state index < -0.39 is 23.1 Å². The Bertz CT molecular complexity index is 966. The normalized spacial score (nSPS) is 14.6. The van der Waals surface area contributed by atoms with E-state index >= 15 is 0 Å². The first-order chi connectivity index (χ1) is 11.5. The maximum absolute atomic E-state index is 12.4. The minimum absolute atomic E-state index is 0.0637. The Hall–Kier alpha value is -2.65. The zero-order valence-corrected chi connectivity index (χ0v) is 13.5. The van der Waals surface area contributed by atoms with E-state index in [1.165, 1.54) is 0 Å². The van der Waals surface area contributed by atoms with Crippen molar-refractivity contribution >= 4 is 35.2 Å². The molecule has 8 nitrogen and oxygen atoms in total. The maximum Gasteiger partial charge on any atom is 0.342 e. The van der Waals surface area contributed by atoms with Gasteiger partial charge in [-0.05, 0) is 5.56 Å². The lowest BCUT2D eigenvalue weighted by Gasteiger charge is -2.14. The highest BCUT2D eigenvalue weighted by Crippen LogP contribution is 2.35. The van der Waals surface area contributed by atoms with Crippen LogP contribution in [0.25, 0.3) is 0 Å². The number of carbonyl (C=O) groups excluding carboxylic acids is 2. The van der Waals surface area contributed by atoms with Crippen molar-refractivity contribution in [3.05, 3.63) is 66.7 Å². The van der Waals surface area contributed by atoms with Crippen LogP contribution in [0.3, 0.4) is 0 Å². The topological polar surface area (TPSA) is 116 Å². The summed E-state index contributed by atoms with van der Waals surface area (Å²) in [4.78, 5) is 50.1. The summed E-state index contributed by atoms with van der Waals surface area (Å²) in [6, 6.07) is 8.93. The second-order valence-corrected chi connectivity index (χ2v) is 6.12. The summed E-state index contributed by atoms with van der Waals surface area (Å²) in [5, 5.41) is 5.13. The van der Waals surface area contributed by atoms with Crippen LogP contribution in [0.1, 0.15) is 5.56 Å². The number of halogens is 1. The van der Waals surface area contributed by atoms with Crippen LogP contribution in [0.5, 0.6) is 0 Å². The Morgan fingerprint density at radius 1 is 1.08 bits per heavy atom. The average molecular weight is 365 g/mol. The highest BCUT2D eigenvalue weighted by atomic mass is 35.5. The second-order valence-electron chi connectivity index (χ2n) is 4.74. The molecule has 122 valence electrons. The average Bonchev–Trinajstić information content (AvgIpc) is 2.76. The summed E-state index contributed by atoms with van der Waals surface area (Å²) in [5.74, 6) is -1.26. The van der Waals surface area contributed by atoms with E-state index in [1.807, 2.05) is 16.1 Å². The van der Waals surface area contributed by atoms with E-state index in [1.54, 1.807) is 24.3 Å². The Kier molecular flexibility index (Phi) is 4.36. The summed E-state index contributed by atoms with van der Waals surface area (Å²) in [6.45, 7) is 0.0637. The molecular weight excluding hydrogens is 356 g/mol. The van der Waals surface area contributed by atoms with Gasteiger partial charge in [-0.1, -0.05) is 53.7 Å². The van der Waals surface area contributed by atoms with Crippen molar-refractivity contribution < 1.29 is 9.59 Å². The number of carbonyl (C=O) groups is 2. The van der Waals surface area contributed by atoms with Crippen LogP contribution in [0.2, 0.25) is 0 Å². The van der Waals surface area contributed by atoms with Crippen molar-refractivity contribution in [2.75, 3.05) is 0 Å². The number of hydrogen-bond acceptors (Lipinski definition) is 6. The zero-order valence-electron chi connectivity index (χ0n) is 11.9. The van der Waals surface area contributed by atoms with Gasteiger partial charge in [-0.25, -0.2) is 9.89 Å². The van der Waals surface area contributed by atoms with Crippen molar-refractivity contribution in [3.63, 3.8) is 0 Å². The molecule has 0 unspecified atom stereocenters. The van der Waals surface area contributed by atoms with Gasteiger partial charge in [0.1, 0.15) is 9.94 Å². The molecule has 0 fully saturated rings. The number of imide groups is 1. The van der Waals surface area contributed by atoms with Gasteiger partial charge in [0, 0.05) is 0 Å². The molecule has 0 aliphatic carbocycles. The van der Waals surface area contributed by atoms with Crippen LogP contribution in [-0.4, -0.2) is 31.9 Å². The number of nitrogens with zero attached hydrogens (tertiary/aromatic N) is 2. The lowest BCUT2D eigenvalue weighted by Crippen LogP contribution is -2.31. The number of amides is 2. The van der Waals surface area contributed by atoms with Crippen molar-refractivity contribution in [2.45, 2.75) is 11.6 Å². The van der Waals surface area contributed by atoms with E-state index in [0.717, 1.165) is 10.5 Å². The fourth-order valence-electron chi connectivity index (χ4n) is 2.03. The van der Waals surface area contributed by atoms with Crippen molar-refractivity contribution in [1.82, 2.24) is 20.1 Å². The fourth-order valence-corrected chi connectivity index (χ4v) is 3.13. The zero-order chi connectivity index (χ0) is 17.3. The second kappa shape index (κ2) is 6.46. The first kappa shape index (κ1) is 16.2. The SMILES string of the molecule is O=C1C(Cl)=C(Sc2n[nH]c(=O)[nH]c2=O)C(=O)N1Cc1ccccc1. The third kappa shape index (κ3) is 3.03. The smallest absolute Gasteiger partial charge is 0.271 e. The monoisotopic (exact) mass is 364 g/mol. The van der Waals surface area contributed by atoms with Gasteiger partial charge >= 0.3 is 5.69 Å². The number of H-pyrrole nitrogens is 2. The molecule has 1 aromatic carbocycles. The molecule has 10 heteroatoms. The molecule has 2 aromatic rings. The van der Waals surface area contributed by atoms with Crippen LogP contribution in [0.15, 0.2) is 54.9 Å². The molecule has 3 rings (SSSR count). The highest BCUT2D eigenvalue weighted by molar-refractivity contribution is 8.04. The van der Waals surface area contributed by atoms with Crippen LogP contribution in [0.4, 0.5) is 0 Å². The molecule has 1 aliphatic heterocycles. The number of thioether (sulfide) groups is 1. The fraction of sp³-hybridized carbons (Fsp3) is 0.0714. The summed E-state index contributed by atoms with van der Waals surface area (Å²) >= 11 is 6.58. The summed E-state index contributed by atoms with van der Waals surface area (Å²) in [6.07, 6.45) is 0. The van der Waals surface area contributed by atoms with Crippen molar-refractivity contribution in [2.24, 2.45) is 0 Å². The molecule has 1 aliphatic rings. The first-order valence-corrected chi connectivity index (χ1v) is 7.83. The van der Waals surface area contributed by atoms with Gasteiger partial charge in [-0.2, -0.15) is 5.10 Å². The minimum atomic E-state index is -0.775. The van der Waals surface area contributed by atoms with E-state index in [9.17, 15) is 19.2 Å². The molecule has 1 aromatic heterocycles. The van der Waals surface area contributed by atoms with Gasteiger partial charge < -0.3 is 0 Å². The van der Waals surface area contributed by atoms with Gasteiger partial charge in [-0.3, -0.25) is 24.3 Å². The van der Waals surface area contributed by atoms with E-state index in [0.29, 0.717) is 11.8 Å². The molecule has 0 saturated carbocycles. The van der Waals surface area contributed by atoms with E-state index in [2.05, 4.69) is 5.10 Å². The standard InChI is InChI=1S/C14H9ClN4O4S/c15-8-9(24-11-10(20)16-14(23)18-17-11)13(22)19(12(8)21)6-7-4-2-1-3-5-7/h1-5H,6H2,(H2,16,18,20,23). The van der Waals surface area contributed by atoms with Crippen molar-refractivity contribution in [1.29, 1.82) is 0 Å². The number of rotatable bonds is 4. The maximum atomic E-state index is 12.4. The van der Waals surface area contributed by atoms with Gasteiger partial charge in [0.15, 0.2) is 5.03 Å². The van der Waals surface area contributed by atoms with Crippen molar-refractivity contribution in [3.8, 4) is 0 Å². The van der Waals surface area contributed by atoms with Gasteiger partial charge in [0.25, 0.3) is 17.4 Å². The molecular formula is C14H9ClN4O4S. The number of aromatic amines is 2. The molecule has 0 atom stereocenters. The summed E-state index contributed by atoms with van der Waals surface area (Å²) in [7, 11) is 0. The molecule has 0 spiro atoms. The Balaban J connectivity index is 1.86. The van der Waals surface area contributed by atoms with Crippen LogP contribution >= 0.6 is 23.4 Å². The molecule has 24 heavy (non-hydrogen) atoms. The number of hydrogen-bond donors (Lipinski definition) is 2. The van der Waals surface area contributed by atoms with Gasteiger partial charge in [0.2, 0.25) is 0 Å². The predicted molar refractivity (Wildman–Crippen MR) is 86.2 cm³/mol. The number of nitrogens with one attached hydrogen (secondary N) is 2. The largest absolute Gasteiger partial charge is 0.342 e. The van der Waals surface area contributed by atoms with E-state index in [-0.39, 0.29) is 21.5 Å². The highest BCUT2D eigenvalue weighted by Gasteiger charge is 2.38. The predicted octanol–water partition coefficient (Wildman–Crippen LogP) is 0.570. The molecule has 0 saturated heterocycles. The molecule has 2 N–H and O–H groups in total. The van der Waals surface area contributed by atoms with Crippen LogP contribution in [0, 0.1) is 0 Å². The Morgan fingerprint density at radius 2 is 1.79 bits per heavy atom. The number of benzene rings is 1. The quantitative estimate of drug-likeness (QED) is 0.766. The molecule has 2 heterocycles. The number of aromatic nitrogens is 3. The lowest BCUT2D eigenvalue weighted by atomic mass is 10.2. The van der Waals surface area contributed by atoms with Crippen LogP contribution in [-0.2, 0) is 16.1 Å².